The van der Waals surface area contributed by atoms with Gasteiger partial charge in [0.25, 0.3) is 0 Å². The van der Waals surface area contributed by atoms with Gasteiger partial charge in [0.15, 0.2) is 11.5 Å². The first-order valence-electron chi connectivity index (χ1n) is 7.91. The molecule has 3 rings (SSSR count). The van der Waals surface area contributed by atoms with Gasteiger partial charge in [-0.15, -0.1) is 0 Å². The van der Waals surface area contributed by atoms with E-state index in [4.69, 9.17) is 21.1 Å². The Morgan fingerprint density at radius 1 is 1.19 bits per heavy atom. The minimum atomic E-state index is -0.246. The SMILES string of the molecule is COc1ccc(CC(=O)NN=Cc2c(Cl)[nH]c3ccccc23)cc1OC. The van der Waals surface area contributed by atoms with Crippen LogP contribution in [0.25, 0.3) is 10.9 Å². The van der Waals surface area contributed by atoms with E-state index in [2.05, 4.69) is 15.5 Å². The topological polar surface area (TPSA) is 75.7 Å². The van der Waals surface area contributed by atoms with Crippen molar-refractivity contribution in [2.75, 3.05) is 14.2 Å². The van der Waals surface area contributed by atoms with Gasteiger partial charge in [0.1, 0.15) is 5.15 Å². The molecule has 0 aliphatic carbocycles. The molecule has 0 saturated heterocycles. The highest BCUT2D eigenvalue weighted by Gasteiger charge is 2.09. The van der Waals surface area contributed by atoms with Gasteiger partial charge < -0.3 is 14.5 Å². The molecule has 0 radical (unpaired) electrons. The van der Waals surface area contributed by atoms with Gasteiger partial charge in [-0.3, -0.25) is 4.79 Å². The van der Waals surface area contributed by atoms with Crippen LogP contribution in [0.15, 0.2) is 47.6 Å². The number of nitrogens with zero attached hydrogens (tertiary/aromatic N) is 1. The fourth-order valence-electron chi connectivity index (χ4n) is 2.64. The maximum atomic E-state index is 12.1. The molecule has 1 aromatic heterocycles. The van der Waals surface area contributed by atoms with E-state index in [9.17, 15) is 4.79 Å². The van der Waals surface area contributed by atoms with Crippen LogP contribution in [0.5, 0.6) is 11.5 Å². The van der Waals surface area contributed by atoms with Gasteiger partial charge in [0.2, 0.25) is 5.91 Å². The third-order valence-corrected chi connectivity index (χ3v) is 4.19. The first-order valence-corrected chi connectivity index (χ1v) is 8.29. The molecule has 0 bridgehead atoms. The second-order valence-corrected chi connectivity index (χ2v) is 5.94. The fourth-order valence-corrected chi connectivity index (χ4v) is 2.89. The molecule has 0 atom stereocenters. The molecule has 6 nitrogen and oxygen atoms in total. The molecular weight excluding hydrogens is 354 g/mol. The Morgan fingerprint density at radius 3 is 2.73 bits per heavy atom. The molecular formula is C19H18ClN3O3. The number of amides is 1. The first kappa shape index (κ1) is 17.8. The average molecular weight is 372 g/mol. The number of H-pyrrole nitrogens is 1. The summed E-state index contributed by atoms with van der Waals surface area (Å²) >= 11 is 6.19. The summed E-state index contributed by atoms with van der Waals surface area (Å²) in [5.74, 6) is 0.944. The highest BCUT2D eigenvalue weighted by atomic mass is 35.5. The Labute approximate surface area is 155 Å². The molecule has 0 saturated carbocycles. The number of rotatable bonds is 6. The summed E-state index contributed by atoms with van der Waals surface area (Å²) in [5, 5.41) is 5.43. The molecule has 0 aliphatic heterocycles. The second kappa shape index (κ2) is 7.93. The van der Waals surface area contributed by atoms with Crippen LogP contribution in [-0.2, 0) is 11.2 Å². The Morgan fingerprint density at radius 2 is 1.96 bits per heavy atom. The quantitative estimate of drug-likeness (QED) is 0.514. The van der Waals surface area contributed by atoms with Gasteiger partial charge >= 0.3 is 0 Å². The van der Waals surface area contributed by atoms with E-state index in [0.29, 0.717) is 16.7 Å². The van der Waals surface area contributed by atoms with Gasteiger partial charge in [-0.1, -0.05) is 35.9 Å². The van der Waals surface area contributed by atoms with E-state index >= 15 is 0 Å². The van der Waals surface area contributed by atoms with Crippen LogP contribution in [0.2, 0.25) is 5.15 Å². The lowest BCUT2D eigenvalue weighted by Crippen LogP contribution is -2.19. The van der Waals surface area contributed by atoms with E-state index in [1.165, 1.54) is 6.21 Å². The molecule has 2 N–H and O–H groups in total. The number of hydrazone groups is 1. The largest absolute Gasteiger partial charge is 0.493 e. The standard InChI is InChI=1S/C19H18ClN3O3/c1-25-16-8-7-12(9-17(16)26-2)10-18(24)23-21-11-14-13-5-3-4-6-15(13)22-19(14)20/h3-9,11,22H,10H2,1-2H3,(H,23,24). The zero-order valence-electron chi connectivity index (χ0n) is 14.4. The van der Waals surface area contributed by atoms with Gasteiger partial charge in [0, 0.05) is 16.5 Å². The van der Waals surface area contributed by atoms with E-state index in [1.807, 2.05) is 24.3 Å². The van der Waals surface area contributed by atoms with Crippen molar-refractivity contribution in [3.05, 3.63) is 58.7 Å². The predicted molar refractivity (Wildman–Crippen MR) is 102 cm³/mol. The normalized spacial score (nSPS) is 11.0. The van der Waals surface area contributed by atoms with Crippen LogP contribution < -0.4 is 14.9 Å². The number of ether oxygens (including phenoxy) is 2. The second-order valence-electron chi connectivity index (χ2n) is 5.56. The van der Waals surface area contributed by atoms with Crippen LogP contribution in [0.3, 0.4) is 0 Å². The molecule has 0 fully saturated rings. The number of aromatic amines is 1. The van der Waals surface area contributed by atoms with Crippen molar-refractivity contribution in [3.8, 4) is 11.5 Å². The van der Waals surface area contributed by atoms with Crippen molar-refractivity contribution in [3.63, 3.8) is 0 Å². The zero-order valence-corrected chi connectivity index (χ0v) is 15.1. The number of nitrogens with one attached hydrogen (secondary N) is 2. The monoisotopic (exact) mass is 371 g/mol. The number of aromatic nitrogens is 1. The highest BCUT2D eigenvalue weighted by molar-refractivity contribution is 6.34. The van der Waals surface area contributed by atoms with E-state index in [1.54, 1.807) is 32.4 Å². The Balaban J connectivity index is 1.67. The molecule has 0 unspecified atom stereocenters. The first-order chi connectivity index (χ1) is 12.6. The van der Waals surface area contributed by atoms with Crippen LogP contribution >= 0.6 is 11.6 Å². The number of carbonyl (C=O) groups excluding carboxylic acids is 1. The van der Waals surface area contributed by atoms with Crippen molar-refractivity contribution in [1.82, 2.24) is 10.4 Å². The summed E-state index contributed by atoms with van der Waals surface area (Å²) in [6.07, 6.45) is 1.70. The van der Waals surface area contributed by atoms with Crippen molar-refractivity contribution in [2.24, 2.45) is 5.10 Å². The lowest BCUT2D eigenvalue weighted by Gasteiger charge is -2.09. The van der Waals surface area contributed by atoms with E-state index in [0.717, 1.165) is 22.0 Å². The van der Waals surface area contributed by atoms with Crippen molar-refractivity contribution < 1.29 is 14.3 Å². The van der Waals surface area contributed by atoms with Gasteiger partial charge in [0.05, 0.1) is 26.9 Å². The van der Waals surface area contributed by atoms with Crippen LogP contribution in [0.4, 0.5) is 0 Å². The Kier molecular flexibility index (Phi) is 5.43. The van der Waals surface area contributed by atoms with Crippen molar-refractivity contribution in [2.45, 2.75) is 6.42 Å². The number of methoxy groups -OCH3 is 2. The summed E-state index contributed by atoms with van der Waals surface area (Å²) in [6, 6.07) is 13.0. The summed E-state index contributed by atoms with van der Waals surface area (Å²) in [6.45, 7) is 0. The third-order valence-electron chi connectivity index (χ3n) is 3.89. The third kappa shape index (κ3) is 3.81. The maximum absolute atomic E-state index is 12.1. The van der Waals surface area contributed by atoms with Gasteiger partial charge in [-0.05, 0) is 23.8 Å². The molecule has 0 spiro atoms. The molecule has 7 heteroatoms. The average Bonchev–Trinajstić information content (AvgIpc) is 2.97. The minimum absolute atomic E-state index is 0.166. The molecule has 134 valence electrons. The smallest absolute Gasteiger partial charge is 0.244 e. The summed E-state index contributed by atoms with van der Waals surface area (Å²) < 4.78 is 10.4. The highest BCUT2D eigenvalue weighted by Crippen LogP contribution is 2.27. The number of hydrogen-bond donors (Lipinski definition) is 2. The molecule has 1 amide bonds. The number of carbonyl (C=O) groups is 1. The van der Waals surface area contributed by atoms with Gasteiger partial charge in [-0.25, -0.2) is 5.43 Å². The van der Waals surface area contributed by atoms with Crippen molar-refractivity contribution in [1.29, 1.82) is 0 Å². The molecule has 3 aromatic rings. The lowest BCUT2D eigenvalue weighted by atomic mass is 10.1. The molecule has 0 aliphatic rings. The van der Waals surface area contributed by atoms with Crippen LogP contribution in [-0.4, -0.2) is 31.3 Å². The van der Waals surface area contributed by atoms with Crippen molar-refractivity contribution >= 4 is 34.6 Å². The number of para-hydroxylation sites is 1. The van der Waals surface area contributed by atoms with E-state index < -0.39 is 0 Å². The maximum Gasteiger partial charge on any atom is 0.244 e. The zero-order chi connectivity index (χ0) is 18.5. The van der Waals surface area contributed by atoms with E-state index in [-0.39, 0.29) is 12.3 Å². The Bertz CT molecular complexity index is 966. The summed E-state index contributed by atoms with van der Waals surface area (Å²) in [7, 11) is 3.12. The number of halogens is 1. The van der Waals surface area contributed by atoms with Crippen LogP contribution in [0, 0.1) is 0 Å². The lowest BCUT2D eigenvalue weighted by molar-refractivity contribution is -0.120. The number of benzene rings is 2. The molecule has 1 heterocycles. The number of hydrogen-bond acceptors (Lipinski definition) is 4. The summed E-state index contributed by atoms with van der Waals surface area (Å²) in [4.78, 5) is 15.2. The molecule has 26 heavy (non-hydrogen) atoms. The number of fused-ring (bicyclic) bond motifs is 1. The summed E-state index contributed by atoms with van der Waals surface area (Å²) in [5.41, 5.74) is 4.95. The minimum Gasteiger partial charge on any atom is -0.493 e. The Hall–Kier alpha value is -2.99. The predicted octanol–water partition coefficient (Wildman–Crippen LogP) is 3.53. The fraction of sp³-hybridized carbons (Fsp3) is 0.158. The molecule has 2 aromatic carbocycles. The van der Waals surface area contributed by atoms with Crippen LogP contribution in [0.1, 0.15) is 11.1 Å². The van der Waals surface area contributed by atoms with Gasteiger partial charge in [-0.2, -0.15) is 5.10 Å².